The van der Waals surface area contributed by atoms with Crippen molar-refractivity contribution >= 4 is 0 Å². The Bertz CT molecular complexity index is 232. The molecule has 1 aliphatic carbocycles. The van der Waals surface area contributed by atoms with Crippen LogP contribution in [0.5, 0.6) is 0 Å². The molecule has 2 unspecified atom stereocenters. The summed E-state index contributed by atoms with van der Waals surface area (Å²) in [5.41, 5.74) is 7.06. The molecule has 0 bridgehead atoms. The van der Waals surface area contributed by atoms with Crippen LogP contribution in [0.1, 0.15) is 19.3 Å². The third kappa shape index (κ3) is 1.84. The van der Waals surface area contributed by atoms with Crippen molar-refractivity contribution in [2.24, 2.45) is 11.7 Å². The van der Waals surface area contributed by atoms with Crippen LogP contribution in [0.3, 0.4) is 0 Å². The lowest BCUT2D eigenvalue weighted by Gasteiger charge is -2.33. The Kier molecular flexibility index (Phi) is 2.81. The van der Waals surface area contributed by atoms with Crippen molar-refractivity contribution in [3.05, 3.63) is 23.8 Å². The molecular formula is C11H17NO. The molecule has 1 fully saturated rings. The Balaban J connectivity index is 2.08. The van der Waals surface area contributed by atoms with Crippen LogP contribution >= 0.6 is 0 Å². The van der Waals surface area contributed by atoms with Gasteiger partial charge in [0, 0.05) is 12.5 Å². The maximum Gasteiger partial charge on any atom is 0.0824 e. The summed E-state index contributed by atoms with van der Waals surface area (Å²) in [7, 11) is 0. The number of hydrogen-bond donors (Lipinski definition) is 1. The first-order chi connectivity index (χ1) is 6.42. The first-order valence-corrected chi connectivity index (χ1v) is 5.11. The van der Waals surface area contributed by atoms with E-state index in [9.17, 15) is 0 Å². The van der Waals surface area contributed by atoms with E-state index in [-0.39, 0.29) is 0 Å². The molecule has 1 heterocycles. The summed E-state index contributed by atoms with van der Waals surface area (Å²) in [6.45, 7) is 1.67. The van der Waals surface area contributed by atoms with Gasteiger partial charge in [-0.3, -0.25) is 0 Å². The number of nitrogens with two attached hydrogens (primary N) is 1. The van der Waals surface area contributed by atoms with Crippen molar-refractivity contribution in [1.29, 1.82) is 0 Å². The lowest BCUT2D eigenvalue weighted by atomic mass is 9.82. The minimum absolute atomic E-state index is 0.334. The van der Waals surface area contributed by atoms with E-state index in [1.807, 2.05) is 0 Å². The number of fused-ring (bicyclic) bond motifs is 1. The summed E-state index contributed by atoms with van der Waals surface area (Å²) in [6.07, 6.45) is 10.3. The molecule has 13 heavy (non-hydrogen) atoms. The highest BCUT2D eigenvalue weighted by atomic mass is 16.5. The maximum atomic E-state index is 5.69. The fourth-order valence-electron chi connectivity index (χ4n) is 2.24. The van der Waals surface area contributed by atoms with Gasteiger partial charge in [-0.1, -0.05) is 23.8 Å². The van der Waals surface area contributed by atoms with Gasteiger partial charge in [-0.25, -0.2) is 0 Å². The van der Waals surface area contributed by atoms with Crippen LogP contribution in [0.25, 0.3) is 0 Å². The van der Waals surface area contributed by atoms with E-state index in [4.69, 9.17) is 10.5 Å². The van der Waals surface area contributed by atoms with Crippen molar-refractivity contribution in [1.82, 2.24) is 0 Å². The lowest BCUT2D eigenvalue weighted by molar-refractivity contribution is 0.0140. The molecule has 72 valence electrons. The highest BCUT2D eigenvalue weighted by Gasteiger charge is 2.27. The fraction of sp³-hybridized carbons (Fsp3) is 0.636. The fourth-order valence-corrected chi connectivity index (χ4v) is 2.24. The van der Waals surface area contributed by atoms with Crippen molar-refractivity contribution in [3.63, 3.8) is 0 Å². The van der Waals surface area contributed by atoms with Crippen LogP contribution in [-0.2, 0) is 4.74 Å². The molecule has 0 radical (unpaired) electrons. The molecular weight excluding hydrogens is 162 g/mol. The average molecular weight is 179 g/mol. The lowest BCUT2D eigenvalue weighted by Crippen LogP contribution is -2.31. The summed E-state index contributed by atoms with van der Waals surface area (Å²) < 4.78 is 5.69. The largest absolute Gasteiger partial charge is 0.374 e. The normalized spacial score (nSPS) is 32.5. The average Bonchev–Trinajstić information content (AvgIpc) is 2.19. The molecule has 2 aliphatic rings. The molecule has 0 aromatic rings. The number of allylic oxidation sites excluding steroid dienone is 2. The van der Waals surface area contributed by atoms with E-state index in [1.165, 1.54) is 18.4 Å². The predicted octanol–water partition coefficient (Wildman–Crippen LogP) is 1.63. The first-order valence-electron chi connectivity index (χ1n) is 5.11. The maximum absolute atomic E-state index is 5.69. The minimum atomic E-state index is 0.334. The summed E-state index contributed by atoms with van der Waals surface area (Å²) in [5.74, 6) is 0.613. The number of hydrogen-bond acceptors (Lipinski definition) is 2. The van der Waals surface area contributed by atoms with Crippen LogP contribution in [0, 0.1) is 5.92 Å². The van der Waals surface area contributed by atoms with E-state index >= 15 is 0 Å². The smallest absolute Gasteiger partial charge is 0.0824 e. The molecule has 2 atom stereocenters. The number of rotatable bonds is 2. The second-order valence-corrected chi connectivity index (χ2v) is 3.75. The quantitative estimate of drug-likeness (QED) is 0.699. The van der Waals surface area contributed by atoms with Crippen LogP contribution < -0.4 is 5.73 Å². The minimum Gasteiger partial charge on any atom is -0.374 e. The molecule has 2 heteroatoms. The van der Waals surface area contributed by atoms with Gasteiger partial charge in [-0.05, 0) is 25.8 Å². The molecule has 0 spiro atoms. The standard InChI is InChI=1S/C11H17NO/c12-7-6-9-3-1-5-11-10(9)4-2-8-13-11/h1,3,5,10-11H,2,4,6-8,12H2. The Morgan fingerprint density at radius 3 is 3.31 bits per heavy atom. The zero-order chi connectivity index (χ0) is 9.10. The summed E-state index contributed by atoms with van der Waals surface area (Å²) >= 11 is 0. The third-order valence-corrected chi connectivity index (χ3v) is 2.89. The molecule has 1 aliphatic heterocycles. The van der Waals surface area contributed by atoms with Gasteiger partial charge in [-0.15, -0.1) is 0 Å². The van der Waals surface area contributed by atoms with Crippen LogP contribution in [-0.4, -0.2) is 19.3 Å². The molecule has 0 amide bonds. The van der Waals surface area contributed by atoms with Gasteiger partial charge >= 0.3 is 0 Å². The number of ether oxygens (including phenoxy) is 1. The predicted molar refractivity (Wildman–Crippen MR) is 53.4 cm³/mol. The Morgan fingerprint density at radius 2 is 2.46 bits per heavy atom. The molecule has 1 saturated heterocycles. The molecule has 2 N–H and O–H groups in total. The highest BCUT2D eigenvalue weighted by molar-refractivity contribution is 5.25. The molecule has 0 saturated carbocycles. The second-order valence-electron chi connectivity index (χ2n) is 3.75. The third-order valence-electron chi connectivity index (χ3n) is 2.89. The Labute approximate surface area is 79.5 Å². The Hall–Kier alpha value is -0.600. The molecule has 2 nitrogen and oxygen atoms in total. The van der Waals surface area contributed by atoms with Gasteiger partial charge in [-0.2, -0.15) is 0 Å². The highest BCUT2D eigenvalue weighted by Crippen LogP contribution is 2.32. The monoisotopic (exact) mass is 179 g/mol. The first kappa shape index (κ1) is 8.97. The molecule has 0 aromatic carbocycles. The van der Waals surface area contributed by atoms with Gasteiger partial charge in [0.2, 0.25) is 0 Å². The van der Waals surface area contributed by atoms with Gasteiger partial charge in [0.15, 0.2) is 0 Å². The van der Waals surface area contributed by atoms with Crippen LogP contribution in [0.2, 0.25) is 0 Å². The molecule has 2 rings (SSSR count). The van der Waals surface area contributed by atoms with Crippen molar-refractivity contribution < 1.29 is 4.74 Å². The second kappa shape index (κ2) is 4.07. The van der Waals surface area contributed by atoms with Crippen LogP contribution in [0.15, 0.2) is 23.8 Å². The summed E-state index contributed by atoms with van der Waals surface area (Å²) in [5, 5.41) is 0. The van der Waals surface area contributed by atoms with E-state index in [2.05, 4.69) is 18.2 Å². The summed E-state index contributed by atoms with van der Waals surface area (Å²) in [4.78, 5) is 0. The van der Waals surface area contributed by atoms with Gasteiger partial charge in [0.05, 0.1) is 6.10 Å². The zero-order valence-corrected chi connectivity index (χ0v) is 7.91. The van der Waals surface area contributed by atoms with E-state index < -0.39 is 0 Å². The van der Waals surface area contributed by atoms with Crippen molar-refractivity contribution in [2.45, 2.75) is 25.4 Å². The zero-order valence-electron chi connectivity index (χ0n) is 7.91. The van der Waals surface area contributed by atoms with Crippen LogP contribution in [0.4, 0.5) is 0 Å². The van der Waals surface area contributed by atoms with E-state index in [0.717, 1.165) is 19.6 Å². The van der Waals surface area contributed by atoms with E-state index in [0.29, 0.717) is 12.0 Å². The van der Waals surface area contributed by atoms with Crippen molar-refractivity contribution in [2.75, 3.05) is 13.2 Å². The molecule has 0 aromatic heterocycles. The topological polar surface area (TPSA) is 35.2 Å². The Morgan fingerprint density at radius 1 is 1.54 bits per heavy atom. The summed E-state index contributed by atoms with van der Waals surface area (Å²) in [6, 6.07) is 0. The van der Waals surface area contributed by atoms with Gasteiger partial charge in [0.25, 0.3) is 0 Å². The van der Waals surface area contributed by atoms with Gasteiger partial charge in [0.1, 0.15) is 0 Å². The van der Waals surface area contributed by atoms with Crippen molar-refractivity contribution in [3.8, 4) is 0 Å². The van der Waals surface area contributed by atoms with E-state index in [1.54, 1.807) is 0 Å². The van der Waals surface area contributed by atoms with Gasteiger partial charge < -0.3 is 10.5 Å². The SMILES string of the molecule is NCCC1=CC=CC2OCCCC12.